The van der Waals surface area contributed by atoms with E-state index in [4.69, 9.17) is 0 Å². The lowest BCUT2D eigenvalue weighted by atomic mass is 10.5. The van der Waals surface area contributed by atoms with Gasteiger partial charge in [-0.3, -0.25) is 0 Å². The molecule has 0 amide bonds. The molecule has 2 heterocycles. The summed E-state index contributed by atoms with van der Waals surface area (Å²) in [7, 11) is 0. The zero-order valence-corrected chi connectivity index (χ0v) is 8.98. The predicted molar refractivity (Wildman–Crippen MR) is 57.9 cm³/mol. The molecule has 0 aliphatic rings. The number of aromatic nitrogens is 1. The fraction of sp³-hybridized carbons (Fsp3) is 0.273. The predicted octanol–water partition coefficient (Wildman–Crippen LogP) is 3.46. The van der Waals surface area contributed by atoms with Gasteiger partial charge in [-0.1, -0.05) is 0 Å². The largest absolute Gasteiger partial charge is 0.310 e. The summed E-state index contributed by atoms with van der Waals surface area (Å²) in [5.41, 5.74) is 2.61. The summed E-state index contributed by atoms with van der Waals surface area (Å²) in [4.78, 5) is 1.36. The summed E-state index contributed by atoms with van der Waals surface area (Å²) in [6.45, 7) is 6.42. The first-order valence-corrected chi connectivity index (χ1v) is 5.22. The summed E-state index contributed by atoms with van der Waals surface area (Å²) in [5, 5.41) is 1.32. The lowest BCUT2D eigenvalue weighted by molar-refractivity contribution is 0.986. The molecular weight excluding hydrogens is 178 g/mol. The second-order valence-electron chi connectivity index (χ2n) is 3.34. The van der Waals surface area contributed by atoms with Crippen molar-refractivity contribution in [1.82, 2.24) is 4.57 Å². The van der Waals surface area contributed by atoms with E-state index in [2.05, 4.69) is 49.6 Å². The molecule has 2 aromatic heterocycles. The molecule has 2 rings (SSSR count). The van der Waals surface area contributed by atoms with Gasteiger partial charge in [-0.2, -0.15) is 0 Å². The van der Waals surface area contributed by atoms with Gasteiger partial charge in [-0.15, -0.1) is 11.3 Å². The van der Waals surface area contributed by atoms with Gasteiger partial charge in [0.2, 0.25) is 0 Å². The highest BCUT2D eigenvalue weighted by Gasteiger charge is 2.04. The average Bonchev–Trinajstić information content (AvgIpc) is 2.60. The SMILES string of the molecule is Cc1ccc(-n2c(C)ccc2C)s1. The Bertz CT molecular complexity index is 403. The number of aryl methyl sites for hydroxylation is 3. The molecule has 0 spiro atoms. The molecule has 0 radical (unpaired) electrons. The van der Waals surface area contributed by atoms with Crippen LogP contribution in [-0.4, -0.2) is 4.57 Å². The molecule has 0 unspecified atom stereocenters. The number of hydrogen-bond acceptors (Lipinski definition) is 1. The lowest BCUT2D eigenvalue weighted by Gasteiger charge is -2.04. The van der Waals surface area contributed by atoms with Gasteiger partial charge in [-0.05, 0) is 45.0 Å². The first-order valence-electron chi connectivity index (χ1n) is 4.40. The van der Waals surface area contributed by atoms with Crippen LogP contribution in [-0.2, 0) is 0 Å². The highest BCUT2D eigenvalue weighted by atomic mass is 32.1. The van der Waals surface area contributed by atoms with Gasteiger partial charge in [0.05, 0.1) is 5.00 Å². The molecule has 0 atom stereocenters. The van der Waals surface area contributed by atoms with Gasteiger partial charge in [-0.25, -0.2) is 0 Å². The first kappa shape index (κ1) is 8.57. The van der Waals surface area contributed by atoms with Crippen molar-refractivity contribution in [3.8, 4) is 5.00 Å². The van der Waals surface area contributed by atoms with Crippen LogP contribution in [0, 0.1) is 20.8 Å². The number of thiophene rings is 1. The molecule has 2 aromatic rings. The fourth-order valence-electron chi connectivity index (χ4n) is 1.56. The first-order chi connectivity index (χ1) is 6.18. The third-order valence-corrected chi connectivity index (χ3v) is 3.20. The zero-order valence-electron chi connectivity index (χ0n) is 8.16. The van der Waals surface area contributed by atoms with Gasteiger partial charge in [0.15, 0.2) is 0 Å². The maximum absolute atomic E-state index is 2.29. The van der Waals surface area contributed by atoms with Gasteiger partial charge in [0.25, 0.3) is 0 Å². The van der Waals surface area contributed by atoms with E-state index in [1.807, 2.05) is 11.3 Å². The zero-order chi connectivity index (χ0) is 9.42. The Kier molecular flexibility index (Phi) is 2.00. The second kappa shape index (κ2) is 3.04. The average molecular weight is 191 g/mol. The van der Waals surface area contributed by atoms with Crippen LogP contribution in [0.25, 0.3) is 5.00 Å². The summed E-state index contributed by atoms with van der Waals surface area (Å²) in [6, 6.07) is 8.66. The van der Waals surface area contributed by atoms with Gasteiger partial charge in [0.1, 0.15) is 0 Å². The Morgan fingerprint density at radius 2 is 1.54 bits per heavy atom. The van der Waals surface area contributed by atoms with Gasteiger partial charge >= 0.3 is 0 Å². The molecule has 0 aromatic carbocycles. The van der Waals surface area contributed by atoms with E-state index < -0.39 is 0 Å². The van der Waals surface area contributed by atoms with E-state index >= 15 is 0 Å². The highest BCUT2D eigenvalue weighted by Crippen LogP contribution is 2.23. The maximum atomic E-state index is 2.29. The van der Waals surface area contributed by atoms with Crippen molar-refractivity contribution in [1.29, 1.82) is 0 Å². The van der Waals surface area contributed by atoms with E-state index in [9.17, 15) is 0 Å². The Balaban J connectivity index is 2.57. The minimum atomic E-state index is 1.30. The third kappa shape index (κ3) is 1.42. The molecule has 0 saturated heterocycles. The molecule has 68 valence electrons. The third-order valence-electron chi connectivity index (χ3n) is 2.22. The highest BCUT2D eigenvalue weighted by molar-refractivity contribution is 7.14. The molecule has 2 heteroatoms. The van der Waals surface area contributed by atoms with Crippen LogP contribution in [0.1, 0.15) is 16.3 Å². The molecule has 0 saturated carbocycles. The van der Waals surface area contributed by atoms with Crippen LogP contribution in [0.2, 0.25) is 0 Å². The van der Waals surface area contributed by atoms with Crippen molar-refractivity contribution in [2.45, 2.75) is 20.8 Å². The Hall–Kier alpha value is -1.02. The van der Waals surface area contributed by atoms with Crippen LogP contribution in [0.15, 0.2) is 24.3 Å². The topological polar surface area (TPSA) is 4.93 Å². The molecule has 0 fully saturated rings. The van der Waals surface area contributed by atoms with Crippen LogP contribution in [0.5, 0.6) is 0 Å². The van der Waals surface area contributed by atoms with Crippen molar-refractivity contribution in [2.75, 3.05) is 0 Å². The Morgan fingerprint density at radius 1 is 0.923 bits per heavy atom. The van der Waals surface area contributed by atoms with Gasteiger partial charge < -0.3 is 4.57 Å². The number of rotatable bonds is 1. The van der Waals surface area contributed by atoms with Crippen LogP contribution in [0.3, 0.4) is 0 Å². The normalized spacial score (nSPS) is 10.7. The fourth-order valence-corrected chi connectivity index (χ4v) is 2.54. The standard InChI is InChI=1S/C11H13NS/c1-8-4-5-9(2)12(8)11-7-6-10(3)13-11/h4-7H,1-3H3. The van der Waals surface area contributed by atoms with Crippen LogP contribution in [0.4, 0.5) is 0 Å². The minimum absolute atomic E-state index is 1.30. The van der Waals surface area contributed by atoms with Crippen LogP contribution < -0.4 is 0 Å². The lowest BCUT2D eigenvalue weighted by Crippen LogP contribution is -1.94. The quantitative estimate of drug-likeness (QED) is 0.650. The summed E-state index contributed by atoms with van der Waals surface area (Å²) >= 11 is 1.84. The minimum Gasteiger partial charge on any atom is -0.310 e. The summed E-state index contributed by atoms with van der Waals surface area (Å²) in [6.07, 6.45) is 0. The van der Waals surface area contributed by atoms with E-state index in [0.717, 1.165) is 0 Å². The summed E-state index contributed by atoms with van der Waals surface area (Å²) < 4.78 is 2.29. The monoisotopic (exact) mass is 191 g/mol. The molecule has 0 N–H and O–H groups in total. The van der Waals surface area contributed by atoms with Crippen LogP contribution >= 0.6 is 11.3 Å². The van der Waals surface area contributed by atoms with Crippen molar-refractivity contribution in [3.05, 3.63) is 40.5 Å². The number of hydrogen-bond donors (Lipinski definition) is 0. The van der Waals surface area contributed by atoms with Crippen molar-refractivity contribution in [3.63, 3.8) is 0 Å². The maximum Gasteiger partial charge on any atom is 0.0996 e. The van der Waals surface area contributed by atoms with Crippen molar-refractivity contribution in [2.24, 2.45) is 0 Å². The Labute approximate surface area is 82.6 Å². The van der Waals surface area contributed by atoms with E-state index in [1.165, 1.54) is 21.3 Å². The Morgan fingerprint density at radius 3 is 2.00 bits per heavy atom. The molecule has 0 aliphatic heterocycles. The van der Waals surface area contributed by atoms with E-state index in [1.54, 1.807) is 0 Å². The molecule has 0 aliphatic carbocycles. The number of nitrogens with zero attached hydrogens (tertiary/aromatic N) is 1. The molecule has 1 nitrogen and oxygen atoms in total. The summed E-state index contributed by atoms with van der Waals surface area (Å²) in [5.74, 6) is 0. The van der Waals surface area contributed by atoms with E-state index in [0.29, 0.717) is 0 Å². The molecular formula is C11H13NS. The van der Waals surface area contributed by atoms with Crippen molar-refractivity contribution < 1.29 is 0 Å². The second-order valence-corrected chi connectivity index (χ2v) is 4.60. The van der Waals surface area contributed by atoms with Gasteiger partial charge in [0, 0.05) is 16.3 Å². The van der Waals surface area contributed by atoms with Crippen molar-refractivity contribution >= 4 is 11.3 Å². The smallest absolute Gasteiger partial charge is 0.0996 e. The van der Waals surface area contributed by atoms with E-state index in [-0.39, 0.29) is 0 Å². The molecule has 0 bridgehead atoms. The molecule has 13 heavy (non-hydrogen) atoms.